The van der Waals surface area contributed by atoms with E-state index in [1.54, 1.807) is 12.1 Å². The maximum Gasteiger partial charge on any atom is 0.240 e. The van der Waals surface area contributed by atoms with Crippen molar-refractivity contribution >= 4 is 15.7 Å². The Kier molecular flexibility index (Phi) is 5.55. The van der Waals surface area contributed by atoms with E-state index in [1.165, 1.54) is 12.1 Å². The van der Waals surface area contributed by atoms with E-state index in [0.717, 1.165) is 11.1 Å². The van der Waals surface area contributed by atoms with Crippen LogP contribution in [0.15, 0.2) is 83.8 Å². The summed E-state index contributed by atoms with van der Waals surface area (Å²) < 4.78 is 32.4. The molecule has 134 valence electrons. The number of anilines is 1. The highest BCUT2D eigenvalue weighted by molar-refractivity contribution is 7.89. The predicted molar refractivity (Wildman–Crippen MR) is 103 cm³/mol. The normalized spacial score (nSPS) is 11.2. The number of hydrogen-bond donors (Lipinski definition) is 2. The number of ether oxygens (including phenoxy) is 1. The third kappa shape index (κ3) is 4.62. The molecule has 0 unspecified atom stereocenters. The van der Waals surface area contributed by atoms with E-state index < -0.39 is 10.0 Å². The van der Waals surface area contributed by atoms with Crippen molar-refractivity contribution in [2.45, 2.75) is 4.90 Å². The summed E-state index contributed by atoms with van der Waals surface area (Å²) in [6, 6.07) is 23.8. The fourth-order valence-corrected chi connectivity index (χ4v) is 3.46. The van der Waals surface area contributed by atoms with Crippen LogP contribution >= 0.6 is 0 Å². The van der Waals surface area contributed by atoms with Gasteiger partial charge in [0, 0.05) is 12.2 Å². The molecule has 3 aromatic carbocycles. The average Bonchev–Trinajstić information content (AvgIpc) is 2.67. The average molecular weight is 368 g/mol. The fourth-order valence-electron chi connectivity index (χ4n) is 2.45. The molecule has 26 heavy (non-hydrogen) atoms. The van der Waals surface area contributed by atoms with E-state index in [1.807, 2.05) is 54.6 Å². The molecule has 6 heteroatoms. The van der Waals surface area contributed by atoms with Gasteiger partial charge in [-0.1, -0.05) is 42.5 Å². The minimum atomic E-state index is -3.56. The zero-order valence-electron chi connectivity index (χ0n) is 14.1. The van der Waals surface area contributed by atoms with Gasteiger partial charge < -0.3 is 10.5 Å². The highest BCUT2D eigenvalue weighted by Gasteiger charge is 2.12. The van der Waals surface area contributed by atoms with Crippen molar-refractivity contribution in [3.63, 3.8) is 0 Å². The van der Waals surface area contributed by atoms with Crippen molar-refractivity contribution in [3.05, 3.63) is 78.9 Å². The number of rotatable bonds is 7. The van der Waals surface area contributed by atoms with Crippen LogP contribution in [-0.2, 0) is 10.0 Å². The van der Waals surface area contributed by atoms with Gasteiger partial charge in [0.25, 0.3) is 0 Å². The molecule has 3 rings (SSSR count). The van der Waals surface area contributed by atoms with Crippen LogP contribution in [0, 0.1) is 0 Å². The second-order valence-electron chi connectivity index (χ2n) is 5.71. The smallest absolute Gasteiger partial charge is 0.240 e. The van der Waals surface area contributed by atoms with E-state index in [2.05, 4.69) is 4.72 Å². The summed E-state index contributed by atoms with van der Waals surface area (Å²) in [6.07, 6.45) is 0. The maximum absolute atomic E-state index is 12.1. The lowest BCUT2D eigenvalue weighted by molar-refractivity contribution is 0.323. The molecule has 0 radical (unpaired) electrons. The molecule has 0 amide bonds. The number of sulfonamides is 1. The van der Waals surface area contributed by atoms with Gasteiger partial charge in [-0.3, -0.25) is 0 Å². The first-order valence-corrected chi connectivity index (χ1v) is 9.66. The molecule has 0 heterocycles. The second kappa shape index (κ2) is 8.03. The lowest BCUT2D eigenvalue weighted by Crippen LogP contribution is -2.28. The summed E-state index contributed by atoms with van der Waals surface area (Å²) in [5.41, 5.74) is 8.32. The van der Waals surface area contributed by atoms with Crippen LogP contribution in [0.25, 0.3) is 11.1 Å². The summed E-state index contributed by atoms with van der Waals surface area (Å²) in [5.74, 6) is 0.691. The van der Waals surface area contributed by atoms with Crippen molar-refractivity contribution in [2.24, 2.45) is 0 Å². The molecule has 0 aliphatic heterocycles. The van der Waals surface area contributed by atoms with Crippen molar-refractivity contribution in [1.29, 1.82) is 0 Å². The monoisotopic (exact) mass is 368 g/mol. The molecule has 0 saturated carbocycles. The molecule has 0 aromatic heterocycles. The fraction of sp³-hybridized carbons (Fsp3) is 0.100. The van der Waals surface area contributed by atoms with Crippen LogP contribution in [-0.4, -0.2) is 21.6 Å². The van der Waals surface area contributed by atoms with Crippen LogP contribution in [0.4, 0.5) is 5.69 Å². The third-order valence-electron chi connectivity index (χ3n) is 3.81. The highest BCUT2D eigenvalue weighted by atomic mass is 32.2. The van der Waals surface area contributed by atoms with E-state index in [0.29, 0.717) is 11.4 Å². The first kappa shape index (κ1) is 18.0. The number of nitrogens with one attached hydrogen (secondary N) is 1. The van der Waals surface area contributed by atoms with Gasteiger partial charge in [-0.15, -0.1) is 0 Å². The van der Waals surface area contributed by atoms with Crippen molar-refractivity contribution in [3.8, 4) is 16.9 Å². The second-order valence-corrected chi connectivity index (χ2v) is 7.47. The Bertz CT molecular complexity index is 939. The molecular formula is C20H20N2O3S. The van der Waals surface area contributed by atoms with Gasteiger partial charge in [0.05, 0.1) is 4.90 Å². The highest BCUT2D eigenvalue weighted by Crippen LogP contribution is 2.22. The van der Waals surface area contributed by atoms with E-state index in [9.17, 15) is 8.42 Å². The quantitative estimate of drug-likeness (QED) is 0.495. The van der Waals surface area contributed by atoms with Crippen LogP contribution in [0.3, 0.4) is 0 Å². The number of benzene rings is 3. The van der Waals surface area contributed by atoms with Crippen LogP contribution in [0.2, 0.25) is 0 Å². The van der Waals surface area contributed by atoms with Gasteiger partial charge in [0.1, 0.15) is 12.4 Å². The molecule has 0 fully saturated rings. The summed E-state index contributed by atoms with van der Waals surface area (Å²) in [5, 5.41) is 0. The lowest BCUT2D eigenvalue weighted by atomic mass is 10.1. The topological polar surface area (TPSA) is 81.4 Å². The Morgan fingerprint density at radius 3 is 2.08 bits per heavy atom. The van der Waals surface area contributed by atoms with Crippen LogP contribution in [0.1, 0.15) is 0 Å². The minimum Gasteiger partial charge on any atom is -0.492 e. The molecule has 0 atom stereocenters. The van der Waals surface area contributed by atoms with Gasteiger partial charge in [-0.05, 0) is 47.5 Å². The van der Waals surface area contributed by atoms with Gasteiger partial charge in [0.15, 0.2) is 0 Å². The predicted octanol–water partition coefficient (Wildman–Crippen LogP) is 3.29. The molecule has 5 nitrogen and oxygen atoms in total. The van der Waals surface area contributed by atoms with E-state index in [-0.39, 0.29) is 18.0 Å². The number of nitrogen functional groups attached to an aromatic ring is 1. The largest absolute Gasteiger partial charge is 0.492 e. The minimum absolute atomic E-state index is 0.174. The van der Waals surface area contributed by atoms with E-state index in [4.69, 9.17) is 10.5 Å². The molecular weight excluding hydrogens is 348 g/mol. The Hall–Kier alpha value is -2.83. The SMILES string of the molecule is Nc1ccc(S(=O)(=O)NCCOc2ccc(-c3ccccc3)cc2)cc1. The summed E-state index contributed by atoms with van der Waals surface area (Å²) in [4.78, 5) is 0.180. The molecule has 0 spiro atoms. The Labute approximate surface area is 153 Å². The molecule has 0 aliphatic rings. The van der Waals surface area contributed by atoms with E-state index >= 15 is 0 Å². The maximum atomic E-state index is 12.1. The summed E-state index contributed by atoms with van der Waals surface area (Å²) >= 11 is 0. The molecule has 0 bridgehead atoms. The molecule has 0 saturated heterocycles. The first-order valence-electron chi connectivity index (χ1n) is 8.18. The Morgan fingerprint density at radius 1 is 0.808 bits per heavy atom. The molecule has 3 aromatic rings. The van der Waals surface area contributed by atoms with Crippen molar-refractivity contribution in [2.75, 3.05) is 18.9 Å². The standard InChI is InChI=1S/C20H20N2O3S/c21-18-8-12-20(13-9-18)26(23,24)22-14-15-25-19-10-6-17(7-11-19)16-4-2-1-3-5-16/h1-13,22H,14-15,21H2. The van der Waals surface area contributed by atoms with Crippen molar-refractivity contribution in [1.82, 2.24) is 4.72 Å². The Balaban J connectivity index is 1.51. The van der Waals surface area contributed by atoms with Crippen LogP contribution < -0.4 is 15.2 Å². The molecule has 3 N–H and O–H groups in total. The van der Waals surface area contributed by atoms with Gasteiger partial charge >= 0.3 is 0 Å². The molecule has 0 aliphatic carbocycles. The van der Waals surface area contributed by atoms with Gasteiger partial charge in [-0.2, -0.15) is 0 Å². The van der Waals surface area contributed by atoms with Gasteiger partial charge in [0.2, 0.25) is 10.0 Å². The van der Waals surface area contributed by atoms with Crippen molar-refractivity contribution < 1.29 is 13.2 Å². The summed E-state index contributed by atoms with van der Waals surface area (Å²) in [6.45, 7) is 0.409. The van der Waals surface area contributed by atoms with Crippen LogP contribution in [0.5, 0.6) is 5.75 Å². The number of nitrogens with two attached hydrogens (primary N) is 1. The number of hydrogen-bond acceptors (Lipinski definition) is 4. The summed E-state index contributed by atoms with van der Waals surface area (Å²) in [7, 11) is -3.56. The first-order chi connectivity index (χ1) is 12.5. The third-order valence-corrected chi connectivity index (χ3v) is 5.29. The van der Waals surface area contributed by atoms with Gasteiger partial charge in [-0.25, -0.2) is 13.1 Å². The Morgan fingerprint density at radius 2 is 1.42 bits per heavy atom. The zero-order valence-corrected chi connectivity index (χ0v) is 14.9. The zero-order chi connectivity index (χ0) is 18.4. The lowest BCUT2D eigenvalue weighted by Gasteiger charge is -2.09.